The highest BCUT2D eigenvalue weighted by atomic mass is 35.6. The third kappa shape index (κ3) is 4.92. The Labute approximate surface area is 158 Å². The molecule has 0 saturated heterocycles. The number of carboxylic acids is 2. The van der Waals surface area contributed by atoms with E-state index in [0.717, 1.165) is 0 Å². The van der Waals surface area contributed by atoms with Crippen LogP contribution in [0.25, 0.3) is 0 Å². The fourth-order valence-electron chi connectivity index (χ4n) is 2.10. The molecule has 0 saturated carbocycles. The Bertz CT molecular complexity index is 733. The number of alkyl halides is 3. The number of nitrogens with one attached hydrogen (secondary N) is 2. The Morgan fingerprint density at radius 2 is 1.16 bits per heavy atom. The molecule has 0 heterocycles. The summed E-state index contributed by atoms with van der Waals surface area (Å²) in [7, 11) is 0. The molecule has 0 amide bonds. The highest BCUT2D eigenvalue weighted by Gasteiger charge is 2.34. The molecule has 0 aliphatic carbocycles. The van der Waals surface area contributed by atoms with Crippen molar-refractivity contribution in [2.24, 2.45) is 0 Å². The van der Waals surface area contributed by atoms with Gasteiger partial charge in [0.2, 0.25) is 3.79 Å². The molecule has 0 spiro atoms. The molecular formula is C16H13Cl3N2O4. The number of rotatable bonds is 6. The van der Waals surface area contributed by atoms with Crippen molar-refractivity contribution >= 4 is 58.1 Å². The van der Waals surface area contributed by atoms with Crippen LogP contribution in [0.15, 0.2) is 48.5 Å². The van der Waals surface area contributed by atoms with E-state index in [-0.39, 0.29) is 22.5 Å². The largest absolute Gasteiger partial charge is 0.478 e. The Morgan fingerprint density at radius 3 is 1.48 bits per heavy atom. The average molecular weight is 404 g/mol. The van der Waals surface area contributed by atoms with Gasteiger partial charge in [-0.1, -0.05) is 59.1 Å². The van der Waals surface area contributed by atoms with Crippen molar-refractivity contribution in [1.29, 1.82) is 0 Å². The summed E-state index contributed by atoms with van der Waals surface area (Å²) >= 11 is 17.9. The molecule has 0 radical (unpaired) electrons. The second kappa shape index (κ2) is 7.82. The minimum atomic E-state index is -1.91. The third-order valence-electron chi connectivity index (χ3n) is 3.24. The zero-order chi connectivity index (χ0) is 18.6. The summed E-state index contributed by atoms with van der Waals surface area (Å²) in [6, 6.07) is 12.2. The first-order chi connectivity index (χ1) is 11.7. The molecule has 25 heavy (non-hydrogen) atoms. The number of halogens is 3. The van der Waals surface area contributed by atoms with E-state index in [1.54, 1.807) is 24.3 Å². The molecule has 0 fully saturated rings. The number of aromatic carboxylic acids is 2. The summed E-state index contributed by atoms with van der Waals surface area (Å²) in [6.45, 7) is 0. The zero-order valence-electron chi connectivity index (χ0n) is 12.5. The Hall–Kier alpha value is -2.15. The van der Waals surface area contributed by atoms with E-state index >= 15 is 0 Å². The van der Waals surface area contributed by atoms with Crippen LogP contribution in [0.4, 0.5) is 11.4 Å². The van der Waals surface area contributed by atoms with E-state index in [9.17, 15) is 19.8 Å². The summed E-state index contributed by atoms with van der Waals surface area (Å²) in [5.74, 6) is -2.31. The predicted molar refractivity (Wildman–Crippen MR) is 98.1 cm³/mol. The van der Waals surface area contributed by atoms with Crippen LogP contribution in [-0.4, -0.2) is 32.1 Å². The monoisotopic (exact) mass is 402 g/mol. The topological polar surface area (TPSA) is 98.7 Å². The smallest absolute Gasteiger partial charge is 0.337 e. The van der Waals surface area contributed by atoms with Crippen molar-refractivity contribution in [2.45, 2.75) is 9.96 Å². The minimum Gasteiger partial charge on any atom is -0.478 e. The Balaban J connectivity index is 2.37. The fourth-order valence-corrected chi connectivity index (χ4v) is 2.43. The van der Waals surface area contributed by atoms with Gasteiger partial charge >= 0.3 is 11.9 Å². The molecule has 2 rings (SSSR count). The van der Waals surface area contributed by atoms with Gasteiger partial charge in [-0.25, -0.2) is 9.59 Å². The maximum atomic E-state index is 11.3. The molecule has 2 aromatic carbocycles. The molecule has 0 bridgehead atoms. The Morgan fingerprint density at radius 1 is 0.800 bits per heavy atom. The summed E-state index contributed by atoms with van der Waals surface area (Å²) < 4.78 is -1.91. The van der Waals surface area contributed by atoms with Gasteiger partial charge in [0.05, 0.1) is 22.5 Å². The second-order valence-electron chi connectivity index (χ2n) is 4.96. The van der Waals surface area contributed by atoms with Crippen molar-refractivity contribution in [3.05, 3.63) is 59.7 Å². The first kappa shape index (κ1) is 19.2. The molecule has 0 atom stereocenters. The normalized spacial score (nSPS) is 11.2. The molecule has 0 aliphatic rings. The molecule has 2 aromatic rings. The summed E-state index contributed by atoms with van der Waals surface area (Å²) in [6.07, 6.45) is -1.10. The van der Waals surface area contributed by atoms with Crippen molar-refractivity contribution in [2.75, 3.05) is 10.6 Å². The van der Waals surface area contributed by atoms with Crippen LogP contribution in [0.1, 0.15) is 20.7 Å². The van der Waals surface area contributed by atoms with Gasteiger partial charge < -0.3 is 20.8 Å². The van der Waals surface area contributed by atoms with Crippen LogP contribution >= 0.6 is 34.8 Å². The predicted octanol–water partition coefficient (Wildman–Crippen LogP) is 4.30. The first-order valence-corrected chi connectivity index (χ1v) is 8.08. The zero-order valence-corrected chi connectivity index (χ0v) is 14.8. The van der Waals surface area contributed by atoms with Crippen LogP contribution in [0.2, 0.25) is 0 Å². The fraction of sp³-hybridized carbons (Fsp3) is 0.125. The van der Waals surface area contributed by atoms with Crippen molar-refractivity contribution in [1.82, 2.24) is 0 Å². The van der Waals surface area contributed by atoms with Crippen molar-refractivity contribution < 1.29 is 19.8 Å². The number of carbonyl (C=O) groups is 2. The maximum Gasteiger partial charge on any atom is 0.337 e. The highest BCUT2D eigenvalue weighted by molar-refractivity contribution is 6.68. The van der Waals surface area contributed by atoms with Crippen LogP contribution in [0, 0.1) is 0 Å². The standard InChI is InChI=1S/C16H13Cl3N2O4/c17-16(18,19)15(20-11-7-3-1-5-9(11)13(22)23)21-12-8-4-2-6-10(12)14(24)25/h1-8,15,20-21H,(H,22,23)(H,24,25). The summed E-state index contributed by atoms with van der Waals surface area (Å²) in [4.78, 5) is 22.6. The third-order valence-corrected chi connectivity index (χ3v) is 3.90. The molecule has 0 aromatic heterocycles. The molecule has 132 valence electrons. The lowest BCUT2D eigenvalue weighted by atomic mass is 10.1. The maximum absolute atomic E-state index is 11.3. The lowest BCUT2D eigenvalue weighted by molar-refractivity contribution is 0.0687. The SMILES string of the molecule is O=C(O)c1ccccc1NC(Nc1ccccc1C(=O)O)C(Cl)(Cl)Cl. The quantitative estimate of drug-likeness (QED) is 0.424. The van der Waals surface area contributed by atoms with Gasteiger partial charge in [-0.05, 0) is 24.3 Å². The van der Waals surface area contributed by atoms with Crippen molar-refractivity contribution in [3.8, 4) is 0 Å². The number of hydrogen-bond acceptors (Lipinski definition) is 4. The van der Waals surface area contributed by atoms with Gasteiger partial charge in [0.15, 0.2) is 0 Å². The number of anilines is 2. The molecule has 0 unspecified atom stereocenters. The molecule has 9 heteroatoms. The average Bonchev–Trinajstić information content (AvgIpc) is 2.54. The van der Waals surface area contributed by atoms with E-state index in [1.807, 2.05) is 0 Å². The van der Waals surface area contributed by atoms with Gasteiger partial charge in [0.25, 0.3) is 0 Å². The van der Waals surface area contributed by atoms with Gasteiger partial charge in [-0.2, -0.15) is 0 Å². The van der Waals surface area contributed by atoms with Gasteiger partial charge in [0.1, 0.15) is 6.17 Å². The van der Waals surface area contributed by atoms with Crippen LogP contribution in [0.5, 0.6) is 0 Å². The number of benzene rings is 2. The number of hydrogen-bond donors (Lipinski definition) is 4. The van der Waals surface area contributed by atoms with E-state index in [2.05, 4.69) is 10.6 Å². The van der Waals surface area contributed by atoms with E-state index < -0.39 is 21.9 Å². The minimum absolute atomic E-state index is 0.0185. The number of carboxylic acid groups (broad SMARTS) is 2. The second-order valence-corrected chi connectivity index (χ2v) is 7.33. The van der Waals surface area contributed by atoms with Gasteiger partial charge in [-0.3, -0.25) is 0 Å². The lowest BCUT2D eigenvalue weighted by Gasteiger charge is -2.29. The number of para-hydroxylation sites is 2. The van der Waals surface area contributed by atoms with Crippen molar-refractivity contribution in [3.63, 3.8) is 0 Å². The molecule has 0 aliphatic heterocycles. The van der Waals surface area contributed by atoms with Crippen LogP contribution in [0.3, 0.4) is 0 Å². The molecule has 6 nitrogen and oxygen atoms in total. The van der Waals surface area contributed by atoms with Crippen LogP contribution < -0.4 is 10.6 Å². The summed E-state index contributed by atoms with van der Waals surface area (Å²) in [5.41, 5.74) is 0.392. The van der Waals surface area contributed by atoms with E-state index in [0.29, 0.717) is 0 Å². The van der Waals surface area contributed by atoms with Crippen LogP contribution in [-0.2, 0) is 0 Å². The Kier molecular flexibility index (Phi) is 6.00. The first-order valence-electron chi connectivity index (χ1n) is 6.94. The van der Waals surface area contributed by atoms with Gasteiger partial charge in [0, 0.05) is 0 Å². The van der Waals surface area contributed by atoms with E-state index in [4.69, 9.17) is 34.8 Å². The van der Waals surface area contributed by atoms with Gasteiger partial charge in [-0.15, -0.1) is 0 Å². The van der Waals surface area contributed by atoms with E-state index in [1.165, 1.54) is 24.3 Å². The summed E-state index contributed by atoms with van der Waals surface area (Å²) in [5, 5.41) is 24.1. The molecular weight excluding hydrogens is 391 g/mol. The highest BCUT2D eigenvalue weighted by Crippen LogP contribution is 2.34. The lowest BCUT2D eigenvalue weighted by Crippen LogP contribution is -2.41. The molecule has 4 N–H and O–H groups in total.